The Hall–Kier alpha value is -2.55. The number of aryl methyl sites for hydroxylation is 2. The molecule has 2 aromatic carbocycles. The van der Waals surface area contributed by atoms with Crippen LogP contribution < -0.4 is 0 Å². The molecule has 0 spiro atoms. The van der Waals surface area contributed by atoms with Gasteiger partial charge in [-0.05, 0) is 37.1 Å². The molecule has 1 aromatic heterocycles. The number of nitrogens with zero attached hydrogens (tertiary/aromatic N) is 2. The minimum absolute atomic E-state index is 0.00181. The average molecular weight is 276 g/mol. The summed E-state index contributed by atoms with van der Waals surface area (Å²) in [5.41, 5.74) is 5.32. The predicted molar refractivity (Wildman–Crippen MR) is 83.5 cm³/mol. The Morgan fingerprint density at radius 2 is 1.81 bits per heavy atom. The maximum Gasteiger partial charge on any atom is 0.187 e. The molecule has 0 amide bonds. The molecule has 3 rings (SSSR count). The molecule has 3 aromatic rings. The summed E-state index contributed by atoms with van der Waals surface area (Å²) in [6.07, 6.45) is 1.93. The first-order valence-corrected chi connectivity index (χ1v) is 6.94. The number of benzene rings is 2. The van der Waals surface area contributed by atoms with Crippen molar-refractivity contribution in [1.29, 1.82) is 0 Å². The van der Waals surface area contributed by atoms with Gasteiger partial charge in [-0.25, -0.2) is 4.98 Å². The molecule has 104 valence electrons. The third-order valence-corrected chi connectivity index (χ3v) is 3.59. The summed E-state index contributed by atoms with van der Waals surface area (Å²) in [5, 5.41) is 0. The number of hydrogen-bond acceptors (Lipinski definition) is 3. The van der Waals surface area contributed by atoms with Gasteiger partial charge in [0.05, 0.1) is 17.2 Å². The average Bonchev–Trinajstić information content (AvgIpc) is 2.50. The summed E-state index contributed by atoms with van der Waals surface area (Å²) in [6.45, 7) is 4.05. The van der Waals surface area contributed by atoms with Crippen molar-refractivity contribution in [2.75, 3.05) is 0 Å². The van der Waals surface area contributed by atoms with Crippen molar-refractivity contribution in [3.63, 3.8) is 0 Å². The van der Waals surface area contributed by atoms with E-state index in [1.54, 1.807) is 6.20 Å². The normalized spacial score (nSPS) is 10.8. The van der Waals surface area contributed by atoms with Crippen LogP contribution in [0.3, 0.4) is 0 Å². The fourth-order valence-electron chi connectivity index (χ4n) is 2.35. The fourth-order valence-corrected chi connectivity index (χ4v) is 2.35. The van der Waals surface area contributed by atoms with Crippen molar-refractivity contribution in [3.05, 3.63) is 71.0 Å². The number of hydrogen-bond donors (Lipinski definition) is 0. The van der Waals surface area contributed by atoms with Crippen LogP contribution >= 0.6 is 0 Å². The molecule has 21 heavy (non-hydrogen) atoms. The van der Waals surface area contributed by atoms with E-state index in [0.29, 0.717) is 12.1 Å². The van der Waals surface area contributed by atoms with Gasteiger partial charge < -0.3 is 0 Å². The zero-order valence-corrected chi connectivity index (χ0v) is 12.1. The Kier molecular flexibility index (Phi) is 3.48. The molecule has 0 fully saturated rings. The van der Waals surface area contributed by atoms with E-state index >= 15 is 0 Å². The minimum atomic E-state index is 0.00181. The Morgan fingerprint density at radius 3 is 2.62 bits per heavy atom. The van der Waals surface area contributed by atoms with E-state index in [0.717, 1.165) is 27.7 Å². The van der Waals surface area contributed by atoms with Crippen molar-refractivity contribution in [1.82, 2.24) is 9.97 Å². The molecule has 0 aliphatic heterocycles. The maximum atomic E-state index is 12.4. The summed E-state index contributed by atoms with van der Waals surface area (Å²) >= 11 is 0. The lowest BCUT2D eigenvalue weighted by Crippen LogP contribution is -2.08. The van der Waals surface area contributed by atoms with Gasteiger partial charge in [0, 0.05) is 6.42 Å². The first-order chi connectivity index (χ1) is 10.1. The fraction of sp³-hybridized carbons (Fsp3) is 0.167. The second-order valence-corrected chi connectivity index (χ2v) is 5.27. The number of Topliss-reactive ketones (excluding diaryl/α,β-unsaturated/α-hetero) is 1. The summed E-state index contributed by atoms with van der Waals surface area (Å²) in [5.74, 6) is 0.00181. The number of fused-ring (bicyclic) bond motifs is 1. The Balaban J connectivity index is 1.91. The predicted octanol–water partition coefficient (Wildman–Crippen LogP) is 3.67. The maximum absolute atomic E-state index is 12.4. The number of aromatic nitrogens is 2. The van der Waals surface area contributed by atoms with Crippen molar-refractivity contribution in [2.45, 2.75) is 20.3 Å². The molecule has 0 radical (unpaired) electrons. The highest BCUT2D eigenvalue weighted by atomic mass is 16.1. The molecule has 0 saturated heterocycles. The summed E-state index contributed by atoms with van der Waals surface area (Å²) in [4.78, 5) is 21.1. The molecule has 3 nitrogen and oxygen atoms in total. The van der Waals surface area contributed by atoms with Gasteiger partial charge >= 0.3 is 0 Å². The van der Waals surface area contributed by atoms with Crippen LogP contribution in [0.15, 0.2) is 48.7 Å². The van der Waals surface area contributed by atoms with Gasteiger partial charge in [0.2, 0.25) is 0 Å². The van der Waals surface area contributed by atoms with Gasteiger partial charge in [0.15, 0.2) is 5.78 Å². The SMILES string of the molecule is Cc1ccc(C)c(CC(=O)c2cnc3ccccc3n2)c1. The third-order valence-electron chi connectivity index (χ3n) is 3.59. The van der Waals surface area contributed by atoms with E-state index < -0.39 is 0 Å². The molecule has 3 heteroatoms. The third kappa shape index (κ3) is 2.82. The second-order valence-electron chi connectivity index (χ2n) is 5.27. The second kappa shape index (κ2) is 5.44. The lowest BCUT2D eigenvalue weighted by atomic mass is 10.00. The molecule has 0 atom stereocenters. The molecule has 0 N–H and O–H groups in total. The van der Waals surface area contributed by atoms with Gasteiger partial charge in [0.25, 0.3) is 0 Å². The smallest absolute Gasteiger partial charge is 0.187 e. The van der Waals surface area contributed by atoms with Gasteiger partial charge in [-0.3, -0.25) is 9.78 Å². The van der Waals surface area contributed by atoms with Gasteiger partial charge in [-0.1, -0.05) is 35.9 Å². The van der Waals surface area contributed by atoms with Gasteiger partial charge in [-0.15, -0.1) is 0 Å². The van der Waals surface area contributed by atoms with Crippen LogP contribution in [0.25, 0.3) is 11.0 Å². The number of ketones is 1. The van der Waals surface area contributed by atoms with Crippen LogP contribution in [0, 0.1) is 13.8 Å². The van der Waals surface area contributed by atoms with Crippen LogP contribution in [-0.2, 0) is 6.42 Å². The Labute approximate surface area is 123 Å². The lowest BCUT2D eigenvalue weighted by molar-refractivity contribution is 0.0988. The minimum Gasteiger partial charge on any atom is -0.292 e. The van der Waals surface area contributed by atoms with E-state index in [1.165, 1.54) is 0 Å². The summed E-state index contributed by atoms with van der Waals surface area (Å²) in [6, 6.07) is 13.7. The van der Waals surface area contributed by atoms with Crippen molar-refractivity contribution < 1.29 is 4.79 Å². The van der Waals surface area contributed by atoms with E-state index in [4.69, 9.17) is 0 Å². The quantitative estimate of drug-likeness (QED) is 0.685. The zero-order valence-electron chi connectivity index (χ0n) is 12.1. The highest BCUT2D eigenvalue weighted by Gasteiger charge is 2.11. The number of rotatable bonds is 3. The molecule has 0 unspecified atom stereocenters. The molecular weight excluding hydrogens is 260 g/mol. The van der Waals surface area contributed by atoms with E-state index in [9.17, 15) is 4.79 Å². The van der Waals surface area contributed by atoms with Gasteiger partial charge in [-0.2, -0.15) is 0 Å². The monoisotopic (exact) mass is 276 g/mol. The van der Waals surface area contributed by atoms with Crippen molar-refractivity contribution in [2.24, 2.45) is 0 Å². The van der Waals surface area contributed by atoms with Gasteiger partial charge in [0.1, 0.15) is 5.69 Å². The summed E-state index contributed by atoms with van der Waals surface area (Å²) < 4.78 is 0. The van der Waals surface area contributed by atoms with E-state index in [2.05, 4.69) is 22.1 Å². The molecular formula is C18H16N2O. The topological polar surface area (TPSA) is 42.9 Å². The number of carbonyl (C=O) groups excluding carboxylic acids is 1. The van der Waals surface area contributed by atoms with Crippen LogP contribution in [0.2, 0.25) is 0 Å². The van der Waals surface area contributed by atoms with Crippen molar-refractivity contribution >= 4 is 16.8 Å². The van der Waals surface area contributed by atoms with E-state index in [1.807, 2.05) is 44.2 Å². The molecule has 0 aliphatic carbocycles. The van der Waals surface area contributed by atoms with Crippen LogP contribution in [-0.4, -0.2) is 15.8 Å². The standard InChI is InChI=1S/C18H16N2O/c1-12-7-8-13(2)14(9-12)10-18(21)17-11-19-15-5-3-4-6-16(15)20-17/h3-9,11H,10H2,1-2H3. The summed E-state index contributed by atoms with van der Waals surface area (Å²) in [7, 11) is 0. The lowest BCUT2D eigenvalue weighted by Gasteiger charge is -2.06. The Morgan fingerprint density at radius 1 is 1.05 bits per heavy atom. The number of carbonyl (C=O) groups is 1. The van der Waals surface area contributed by atoms with Crippen molar-refractivity contribution in [3.8, 4) is 0 Å². The first kappa shape index (κ1) is 13.4. The van der Waals surface area contributed by atoms with Crippen LogP contribution in [0.1, 0.15) is 27.2 Å². The molecule has 0 aliphatic rings. The molecule has 0 bridgehead atoms. The molecule has 1 heterocycles. The molecule has 0 saturated carbocycles. The first-order valence-electron chi connectivity index (χ1n) is 6.94. The highest BCUT2D eigenvalue weighted by Crippen LogP contribution is 2.15. The van der Waals surface area contributed by atoms with Crippen LogP contribution in [0.4, 0.5) is 0 Å². The largest absolute Gasteiger partial charge is 0.292 e. The zero-order chi connectivity index (χ0) is 14.8. The number of para-hydroxylation sites is 2. The van der Waals surface area contributed by atoms with Crippen LogP contribution in [0.5, 0.6) is 0 Å². The highest BCUT2D eigenvalue weighted by molar-refractivity contribution is 5.97. The van der Waals surface area contributed by atoms with E-state index in [-0.39, 0.29) is 5.78 Å². The Bertz CT molecular complexity index is 824.